The summed E-state index contributed by atoms with van der Waals surface area (Å²) in [6, 6.07) is 10.5. The first-order valence-electron chi connectivity index (χ1n) is 12.0. The van der Waals surface area contributed by atoms with E-state index in [0.29, 0.717) is 6.61 Å². The molecule has 168 valence electrons. The van der Waals surface area contributed by atoms with Crippen LogP contribution in [0.3, 0.4) is 0 Å². The second-order valence-corrected chi connectivity index (χ2v) is 9.97. The zero-order valence-electron chi connectivity index (χ0n) is 18.8. The van der Waals surface area contributed by atoms with E-state index in [2.05, 4.69) is 29.2 Å². The fourth-order valence-electron chi connectivity index (χ4n) is 5.03. The van der Waals surface area contributed by atoms with Gasteiger partial charge in [0.1, 0.15) is 16.5 Å². The van der Waals surface area contributed by atoms with Crippen LogP contribution in [-0.4, -0.2) is 35.6 Å². The van der Waals surface area contributed by atoms with Crippen LogP contribution in [0.2, 0.25) is 0 Å². The van der Waals surface area contributed by atoms with E-state index >= 15 is 0 Å². The van der Waals surface area contributed by atoms with E-state index in [1.165, 1.54) is 40.7 Å². The fraction of sp³-hybridized carbons (Fsp3) is 0.500. The van der Waals surface area contributed by atoms with E-state index in [-0.39, 0.29) is 11.9 Å². The lowest BCUT2D eigenvalue weighted by atomic mass is 9.96. The topological polar surface area (TPSA) is 55.3 Å². The number of rotatable bonds is 5. The van der Waals surface area contributed by atoms with Gasteiger partial charge in [-0.1, -0.05) is 36.8 Å². The molecule has 2 aromatic heterocycles. The number of anilines is 1. The quantitative estimate of drug-likeness (QED) is 0.389. The Morgan fingerprint density at radius 2 is 1.88 bits per heavy atom. The van der Waals surface area contributed by atoms with Gasteiger partial charge in [-0.3, -0.25) is 4.79 Å². The highest BCUT2D eigenvalue weighted by Crippen LogP contribution is 2.40. The molecule has 0 atom stereocenters. The molecule has 0 radical (unpaired) electrons. The van der Waals surface area contributed by atoms with Gasteiger partial charge in [0.2, 0.25) is 0 Å². The Labute approximate surface area is 193 Å². The Kier molecular flexibility index (Phi) is 6.39. The molecule has 6 heteroatoms. The Hall–Kier alpha value is -2.47. The van der Waals surface area contributed by atoms with Gasteiger partial charge in [0.25, 0.3) is 0 Å². The second kappa shape index (κ2) is 9.57. The van der Waals surface area contributed by atoms with Gasteiger partial charge in [-0.2, -0.15) is 0 Å². The highest BCUT2D eigenvalue weighted by molar-refractivity contribution is 7.19. The molecule has 0 N–H and O–H groups in total. The molecule has 5 rings (SSSR count). The summed E-state index contributed by atoms with van der Waals surface area (Å²) >= 11 is 1.88. The number of aryl methyl sites for hydroxylation is 2. The van der Waals surface area contributed by atoms with E-state index in [1.807, 2.05) is 24.3 Å². The number of piperidine rings is 1. The van der Waals surface area contributed by atoms with Crippen molar-refractivity contribution in [2.24, 2.45) is 5.92 Å². The molecule has 32 heavy (non-hydrogen) atoms. The molecule has 3 heterocycles. The molecule has 5 nitrogen and oxygen atoms in total. The van der Waals surface area contributed by atoms with E-state index in [9.17, 15) is 4.79 Å². The first-order chi connectivity index (χ1) is 15.7. The minimum Gasteiger partial charge on any atom is -0.466 e. The summed E-state index contributed by atoms with van der Waals surface area (Å²) in [6.45, 7) is 4.01. The van der Waals surface area contributed by atoms with E-state index in [1.54, 1.807) is 0 Å². The molecule has 1 fully saturated rings. The van der Waals surface area contributed by atoms with Gasteiger partial charge in [0, 0.05) is 24.4 Å². The summed E-state index contributed by atoms with van der Waals surface area (Å²) in [5.74, 6) is 1.94. The van der Waals surface area contributed by atoms with Crippen LogP contribution in [0.4, 0.5) is 5.82 Å². The standard InChI is InChI=1S/C26H31N3O2S/c1-2-31-26(30)19-13-15-29(16-14-19)24-23-20-11-7-4-8-12-21(20)32-25(23)28-22(27-24)17-18-9-5-3-6-10-18/h3,5-6,9-10,19H,2,4,7-8,11-17H2,1H3. The van der Waals surface area contributed by atoms with E-state index in [4.69, 9.17) is 14.7 Å². The largest absolute Gasteiger partial charge is 0.466 e. The number of aromatic nitrogens is 2. The Morgan fingerprint density at radius 3 is 2.66 bits per heavy atom. The molecule has 1 aromatic carbocycles. The van der Waals surface area contributed by atoms with Crippen LogP contribution in [0.1, 0.15) is 60.9 Å². The molecule has 3 aromatic rings. The maximum Gasteiger partial charge on any atom is 0.309 e. The zero-order chi connectivity index (χ0) is 21.9. The van der Waals surface area contributed by atoms with Crippen LogP contribution >= 0.6 is 11.3 Å². The van der Waals surface area contributed by atoms with Gasteiger partial charge in [-0.05, 0) is 56.6 Å². The predicted molar refractivity (Wildman–Crippen MR) is 129 cm³/mol. The molecule has 0 unspecified atom stereocenters. The van der Waals surface area contributed by atoms with Gasteiger partial charge >= 0.3 is 5.97 Å². The lowest BCUT2D eigenvalue weighted by Crippen LogP contribution is -2.37. The van der Waals surface area contributed by atoms with Gasteiger partial charge in [-0.15, -0.1) is 11.3 Å². The lowest BCUT2D eigenvalue weighted by Gasteiger charge is -2.32. The zero-order valence-corrected chi connectivity index (χ0v) is 19.6. The molecular weight excluding hydrogens is 418 g/mol. The highest BCUT2D eigenvalue weighted by atomic mass is 32.1. The fourth-order valence-corrected chi connectivity index (χ4v) is 6.31. The molecular formula is C26H31N3O2S. The molecule has 0 bridgehead atoms. The number of benzene rings is 1. The minimum atomic E-state index is -0.0471. The molecule has 1 aliphatic carbocycles. The molecule has 1 saturated heterocycles. The Bertz CT molecular complexity index is 1090. The monoisotopic (exact) mass is 449 g/mol. The van der Waals surface area contributed by atoms with Crippen molar-refractivity contribution in [1.29, 1.82) is 0 Å². The highest BCUT2D eigenvalue weighted by Gasteiger charge is 2.29. The Balaban J connectivity index is 1.50. The third kappa shape index (κ3) is 4.38. The van der Waals surface area contributed by atoms with Gasteiger partial charge < -0.3 is 9.64 Å². The van der Waals surface area contributed by atoms with Crippen LogP contribution in [0, 0.1) is 5.92 Å². The van der Waals surface area contributed by atoms with Crippen molar-refractivity contribution < 1.29 is 9.53 Å². The van der Waals surface area contributed by atoms with Crippen molar-refractivity contribution in [1.82, 2.24) is 9.97 Å². The molecule has 0 amide bonds. The van der Waals surface area contributed by atoms with Crippen molar-refractivity contribution >= 4 is 33.3 Å². The van der Waals surface area contributed by atoms with E-state index < -0.39 is 0 Å². The van der Waals surface area contributed by atoms with E-state index in [0.717, 1.165) is 61.7 Å². The molecule has 2 aliphatic rings. The van der Waals surface area contributed by atoms with Crippen molar-refractivity contribution in [3.8, 4) is 0 Å². The normalized spacial score (nSPS) is 17.2. The molecule has 0 saturated carbocycles. The van der Waals surface area contributed by atoms with Crippen LogP contribution in [0.25, 0.3) is 10.2 Å². The first-order valence-corrected chi connectivity index (χ1v) is 12.8. The average molecular weight is 450 g/mol. The lowest BCUT2D eigenvalue weighted by molar-refractivity contribution is -0.148. The van der Waals surface area contributed by atoms with Crippen molar-refractivity contribution in [2.75, 3.05) is 24.6 Å². The van der Waals surface area contributed by atoms with Crippen molar-refractivity contribution in [3.05, 3.63) is 52.2 Å². The number of fused-ring (bicyclic) bond motifs is 3. The summed E-state index contributed by atoms with van der Waals surface area (Å²) < 4.78 is 5.27. The van der Waals surface area contributed by atoms with Crippen LogP contribution in [0.5, 0.6) is 0 Å². The first kappa shape index (κ1) is 21.4. The number of carbonyl (C=O) groups excluding carboxylic acids is 1. The van der Waals surface area contributed by atoms with Crippen LogP contribution in [0.15, 0.2) is 30.3 Å². The minimum absolute atomic E-state index is 0.00640. The maximum atomic E-state index is 12.2. The van der Waals surface area contributed by atoms with Gasteiger partial charge in [0.05, 0.1) is 17.9 Å². The SMILES string of the molecule is CCOC(=O)C1CCN(c2nc(Cc3ccccc3)nc3sc4c(c23)CCCCC4)CC1. The summed E-state index contributed by atoms with van der Waals surface area (Å²) in [5.41, 5.74) is 2.72. The number of hydrogen-bond acceptors (Lipinski definition) is 6. The van der Waals surface area contributed by atoms with Gasteiger partial charge in [-0.25, -0.2) is 9.97 Å². The average Bonchev–Trinajstić information content (AvgIpc) is 3.00. The molecule has 1 aliphatic heterocycles. The number of esters is 1. The third-order valence-electron chi connectivity index (χ3n) is 6.71. The maximum absolute atomic E-state index is 12.2. The second-order valence-electron chi connectivity index (χ2n) is 8.88. The van der Waals surface area contributed by atoms with Crippen molar-refractivity contribution in [3.63, 3.8) is 0 Å². The number of nitrogens with zero attached hydrogens (tertiary/aromatic N) is 3. The van der Waals surface area contributed by atoms with Gasteiger partial charge in [0.15, 0.2) is 0 Å². The number of ether oxygens (including phenoxy) is 1. The summed E-state index contributed by atoms with van der Waals surface area (Å²) in [6.07, 6.45) is 8.49. The summed E-state index contributed by atoms with van der Waals surface area (Å²) in [5, 5.41) is 1.28. The summed E-state index contributed by atoms with van der Waals surface area (Å²) in [4.78, 5) is 27.5. The van der Waals surface area contributed by atoms with Crippen LogP contribution in [-0.2, 0) is 28.8 Å². The summed E-state index contributed by atoms with van der Waals surface area (Å²) in [7, 11) is 0. The number of hydrogen-bond donors (Lipinski definition) is 0. The molecule has 0 spiro atoms. The van der Waals surface area contributed by atoms with Crippen molar-refractivity contribution in [2.45, 2.75) is 58.3 Å². The Morgan fingerprint density at radius 1 is 1.09 bits per heavy atom. The predicted octanol–water partition coefficient (Wildman–Crippen LogP) is 5.33. The smallest absolute Gasteiger partial charge is 0.309 e. The van der Waals surface area contributed by atoms with Crippen LogP contribution < -0.4 is 4.90 Å². The number of carbonyl (C=O) groups is 1. The number of thiophene rings is 1. The third-order valence-corrected chi connectivity index (χ3v) is 7.90.